The van der Waals surface area contributed by atoms with Crippen LogP contribution in [-0.4, -0.2) is 34.9 Å². The molecule has 0 aromatic carbocycles. The van der Waals surface area contributed by atoms with Crippen molar-refractivity contribution < 1.29 is 19.1 Å². The first kappa shape index (κ1) is 15.1. The van der Waals surface area contributed by atoms with Crippen LogP contribution in [0.3, 0.4) is 0 Å². The predicted molar refractivity (Wildman–Crippen MR) is 80.7 cm³/mol. The van der Waals surface area contributed by atoms with Gasteiger partial charge in [-0.1, -0.05) is 32.1 Å². The van der Waals surface area contributed by atoms with Crippen molar-refractivity contribution in [3.8, 4) is 0 Å². The van der Waals surface area contributed by atoms with E-state index >= 15 is 0 Å². The average Bonchev–Trinajstić information content (AvgIpc) is 3.24. The van der Waals surface area contributed by atoms with Crippen LogP contribution in [0.2, 0.25) is 0 Å². The maximum Gasteiger partial charge on any atom is 0.254 e. The quantitative estimate of drug-likeness (QED) is 0.797. The predicted octanol–water partition coefficient (Wildman–Crippen LogP) is 1.54. The molecule has 3 aliphatic heterocycles. The second kappa shape index (κ2) is 5.89. The first-order valence-electron chi connectivity index (χ1n) is 8.98. The number of hydrogen-bond donors (Lipinski definition) is 1. The number of nitrogens with zero attached hydrogens (tertiary/aromatic N) is 1. The van der Waals surface area contributed by atoms with E-state index in [0.29, 0.717) is 12.3 Å². The number of rotatable bonds is 4. The molecule has 3 saturated heterocycles. The van der Waals surface area contributed by atoms with Gasteiger partial charge in [0.2, 0.25) is 5.91 Å². The van der Waals surface area contributed by atoms with Crippen molar-refractivity contribution in [3.63, 3.8) is 0 Å². The minimum Gasteiger partial charge on any atom is -0.373 e. The number of fused-ring (bicyclic) bond motifs is 5. The van der Waals surface area contributed by atoms with Gasteiger partial charge in [-0.3, -0.25) is 19.8 Å². The minimum absolute atomic E-state index is 0.134. The molecule has 0 radical (unpaired) electrons. The fourth-order valence-electron chi connectivity index (χ4n) is 4.81. The van der Waals surface area contributed by atoms with E-state index < -0.39 is 0 Å². The summed E-state index contributed by atoms with van der Waals surface area (Å²) in [4.78, 5) is 37.0. The molecule has 6 nitrogen and oxygen atoms in total. The van der Waals surface area contributed by atoms with E-state index in [0.717, 1.165) is 24.3 Å². The van der Waals surface area contributed by atoms with Gasteiger partial charge in [-0.2, -0.15) is 5.01 Å². The molecule has 0 spiro atoms. The molecule has 0 aromatic heterocycles. The van der Waals surface area contributed by atoms with Crippen molar-refractivity contribution >= 4 is 17.7 Å². The highest BCUT2D eigenvalue weighted by Crippen LogP contribution is 2.48. The Balaban J connectivity index is 1.33. The van der Waals surface area contributed by atoms with Crippen LogP contribution in [-0.2, 0) is 19.1 Å². The summed E-state index contributed by atoms with van der Waals surface area (Å²) in [5, 5.41) is 0.979. The topological polar surface area (TPSA) is 75.7 Å². The summed E-state index contributed by atoms with van der Waals surface area (Å²) in [5.74, 6) is -0.912. The van der Waals surface area contributed by atoms with E-state index in [-0.39, 0.29) is 41.8 Å². The molecule has 1 saturated carbocycles. The fourth-order valence-corrected chi connectivity index (χ4v) is 4.81. The summed E-state index contributed by atoms with van der Waals surface area (Å²) in [7, 11) is 0. The van der Waals surface area contributed by atoms with Crippen molar-refractivity contribution in [2.45, 2.75) is 70.0 Å². The number of amides is 3. The summed E-state index contributed by atoms with van der Waals surface area (Å²) in [6.45, 7) is 0. The van der Waals surface area contributed by atoms with Gasteiger partial charge in [0.05, 0.1) is 24.0 Å². The Morgan fingerprint density at radius 3 is 2.22 bits per heavy atom. The van der Waals surface area contributed by atoms with E-state index in [1.54, 1.807) is 0 Å². The summed E-state index contributed by atoms with van der Waals surface area (Å²) < 4.78 is 5.68. The van der Waals surface area contributed by atoms with E-state index in [4.69, 9.17) is 4.74 Å². The van der Waals surface area contributed by atoms with Crippen LogP contribution in [0.4, 0.5) is 0 Å². The summed E-state index contributed by atoms with van der Waals surface area (Å²) in [6.07, 6.45) is 8.85. The Morgan fingerprint density at radius 1 is 1.00 bits per heavy atom. The maximum atomic E-state index is 12.4. The van der Waals surface area contributed by atoms with Crippen molar-refractivity contribution in [2.75, 3.05) is 0 Å². The normalized spacial score (nSPS) is 36.6. The lowest BCUT2D eigenvalue weighted by molar-refractivity contribution is -0.151. The third kappa shape index (κ3) is 2.57. The van der Waals surface area contributed by atoms with Gasteiger partial charge < -0.3 is 4.74 Å². The van der Waals surface area contributed by atoms with Crippen molar-refractivity contribution in [2.24, 2.45) is 17.8 Å². The van der Waals surface area contributed by atoms with Crippen molar-refractivity contribution in [1.29, 1.82) is 0 Å². The Morgan fingerprint density at radius 2 is 1.61 bits per heavy atom. The molecule has 0 unspecified atom stereocenters. The van der Waals surface area contributed by atoms with E-state index in [2.05, 4.69) is 5.43 Å². The standard InChI is InChI=1S/C17H24N2O4/c20-13(9-6-10-4-2-1-3-5-10)18-19-16(21)14-11-7-8-12(23-11)15(14)17(19)22/h10-12,14-15H,1-9H2,(H,18,20)/t11-,12-,14-,15+/m1/s1. The van der Waals surface area contributed by atoms with Crippen LogP contribution >= 0.6 is 0 Å². The molecule has 4 atom stereocenters. The third-order valence-electron chi connectivity index (χ3n) is 6.03. The molecule has 6 heteroatoms. The number of imide groups is 1. The largest absolute Gasteiger partial charge is 0.373 e. The maximum absolute atomic E-state index is 12.4. The number of carbonyl (C=O) groups is 3. The first-order chi connectivity index (χ1) is 11.1. The molecule has 126 valence electrons. The number of ether oxygens (including phenoxy) is 1. The molecule has 23 heavy (non-hydrogen) atoms. The molecular formula is C17H24N2O4. The fraction of sp³-hybridized carbons (Fsp3) is 0.824. The van der Waals surface area contributed by atoms with E-state index in [9.17, 15) is 14.4 Å². The minimum atomic E-state index is -0.375. The lowest BCUT2D eigenvalue weighted by Crippen LogP contribution is -2.47. The molecule has 1 aliphatic carbocycles. The molecule has 3 heterocycles. The van der Waals surface area contributed by atoms with Crippen molar-refractivity contribution in [1.82, 2.24) is 10.4 Å². The molecule has 4 rings (SSSR count). The Hall–Kier alpha value is -1.43. The van der Waals surface area contributed by atoms with Gasteiger partial charge in [0.15, 0.2) is 0 Å². The van der Waals surface area contributed by atoms with Gasteiger partial charge in [-0.15, -0.1) is 0 Å². The SMILES string of the molecule is O=C(CCC1CCCCC1)NN1C(=O)[C@@H]2[C@H](C1=O)[C@H]1CC[C@H]2O1. The zero-order valence-electron chi connectivity index (χ0n) is 13.3. The van der Waals surface area contributed by atoms with E-state index in [1.807, 2.05) is 0 Å². The smallest absolute Gasteiger partial charge is 0.254 e. The Kier molecular flexibility index (Phi) is 3.87. The van der Waals surface area contributed by atoms with Gasteiger partial charge in [0.1, 0.15) is 0 Å². The third-order valence-corrected chi connectivity index (χ3v) is 6.03. The van der Waals surface area contributed by atoms with Gasteiger partial charge >= 0.3 is 0 Å². The van der Waals surface area contributed by atoms with E-state index in [1.165, 1.54) is 32.1 Å². The molecule has 1 N–H and O–H groups in total. The van der Waals surface area contributed by atoms with Crippen LogP contribution < -0.4 is 5.43 Å². The second-order valence-electron chi connectivity index (χ2n) is 7.43. The summed E-state index contributed by atoms with van der Waals surface area (Å²) >= 11 is 0. The molecule has 0 aromatic rings. The second-order valence-corrected chi connectivity index (χ2v) is 7.43. The molecule has 4 aliphatic rings. The van der Waals surface area contributed by atoms with Crippen LogP contribution in [0.1, 0.15) is 57.8 Å². The zero-order valence-corrected chi connectivity index (χ0v) is 13.3. The van der Waals surface area contributed by atoms with Crippen LogP contribution in [0.25, 0.3) is 0 Å². The molecule has 3 amide bonds. The van der Waals surface area contributed by atoms with Gasteiger partial charge in [0, 0.05) is 6.42 Å². The first-order valence-corrected chi connectivity index (χ1v) is 8.98. The summed E-state index contributed by atoms with van der Waals surface area (Å²) in [5.41, 5.74) is 2.56. The lowest BCUT2D eigenvalue weighted by Gasteiger charge is -2.22. The number of hydrogen-bond acceptors (Lipinski definition) is 4. The molecule has 4 fully saturated rings. The van der Waals surface area contributed by atoms with Crippen LogP contribution in [0.5, 0.6) is 0 Å². The molecular weight excluding hydrogens is 296 g/mol. The number of hydrazine groups is 1. The number of carbonyl (C=O) groups excluding carboxylic acids is 3. The monoisotopic (exact) mass is 320 g/mol. The Bertz CT molecular complexity index is 501. The Labute approximate surface area is 135 Å². The highest BCUT2D eigenvalue weighted by Gasteiger charge is 2.62. The average molecular weight is 320 g/mol. The van der Waals surface area contributed by atoms with Gasteiger partial charge in [0.25, 0.3) is 11.8 Å². The van der Waals surface area contributed by atoms with Crippen LogP contribution in [0, 0.1) is 17.8 Å². The molecule has 2 bridgehead atoms. The highest BCUT2D eigenvalue weighted by atomic mass is 16.5. The number of nitrogens with one attached hydrogen (secondary N) is 1. The summed E-state index contributed by atoms with van der Waals surface area (Å²) in [6, 6.07) is 0. The lowest BCUT2D eigenvalue weighted by atomic mass is 9.81. The zero-order chi connectivity index (χ0) is 16.0. The van der Waals surface area contributed by atoms with Gasteiger partial charge in [-0.25, -0.2) is 0 Å². The highest BCUT2D eigenvalue weighted by molar-refractivity contribution is 6.07. The van der Waals surface area contributed by atoms with Gasteiger partial charge in [-0.05, 0) is 25.2 Å². The van der Waals surface area contributed by atoms with Crippen LogP contribution in [0.15, 0.2) is 0 Å². The van der Waals surface area contributed by atoms with Crippen molar-refractivity contribution in [3.05, 3.63) is 0 Å².